The Balaban J connectivity index is 0. The molecule has 0 radical (unpaired) electrons. The number of piperazine rings is 1. The molecule has 0 aliphatic carbocycles. The van der Waals surface area contributed by atoms with Crippen LogP contribution in [0.15, 0.2) is 63.2 Å². The largest absolute Gasteiger partial charge is 0.447 e. The second kappa shape index (κ2) is 23.7. The second-order valence-corrected chi connectivity index (χ2v) is 8.91. The number of amides is 1. The molecule has 1 aromatic carbocycles. The molecular formula is C30H49ClN6O2. The number of hydrogen-bond donors (Lipinski definition) is 3. The molecule has 1 fully saturated rings. The molecule has 0 unspecified atom stereocenters. The Hall–Kier alpha value is -3.36. The van der Waals surface area contributed by atoms with Crippen LogP contribution in [0.5, 0.6) is 0 Å². The van der Waals surface area contributed by atoms with Gasteiger partial charge >= 0.3 is 6.09 Å². The van der Waals surface area contributed by atoms with E-state index in [4.69, 9.17) is 21.7 Å². The zero-order chi connectivity index (χ0) is 30.2. The molecular weight excluding hydrogens is 512 g/mol. The molecule has 8 nitrogen and oxygen atoms in total. The van der Waals surface area contributed by atoms with Crippen LogP contribution < -0.4 is 10.6 Å². The normalized spacial score (nSPS) is 11.4. The van der Waals surface area contributed by atoms with Gasteiger partial charge in [-0.2, -0.15) is 0 Å². The summed E-state index contributed by atoms with van der Waals surface area (Å²) in [5, 5.41) is 13.9. The number of rotatable bonds is 6. The summed E-state index contributed by atoms with van der Waals surface area (Å²) in [6.45, 7) is 24.0. The monoisotopic (exact) mass is 560 g/mol. The summed E-state index contributed by atoms with van der Waals surface area (Å²) < 4.78 is 6.87. The first kappa shape index (κ1) is 37.8. The van der Waals surface area contributed by atoms with Crippen LogP contribution in [0.2, 0.25) is 5.02 Å². The lowest BCUT2D eigenvalue weighted by atomic mass is 10.0. The summed E-state index contributed by atoms with van der Waals surface area (Å²) in [6.07, 6.45) is 8.90. The van der Waals surface area contributed by atoms with Crippen molar-refractivity contribution in [3.8, 4) is 0 Å². The molecule has 2 heterocycles. The molecule has 0 bridgehead atoms. The van der Waals surface area contributed by atoms with Crippen molar-refractivity contribution in [1.82, 2.24) is 25.1 Å². The molecule has 1 amide bonds. The van der Waals surface area contributed by atoms with Gasteiger partial charge in [-0.3, -0.25) is 0 Å². The van der Waals surface area contributed by atoms with Crippen LogP contribution in [-0.4, -0.2) is 65.6 Å². The van der Waals surface area contributed by atoms with Crippen molar-refractivity contribution in [2.75, 3.05) is 33.2 Å². The molecule has 39 heavy (non-hydrogen) atoms. The molecule has 0 saturated carbocycles. The number of halogens is 1. The molecule has 1 saturated heterocycles. The second-order valence-electron chi connectivity index (χ2n) is 8.47. The van der Waals surface area contributed by atoms with E-state index in [-0.39, 0.29) is 12.2 Å². The number of nitrogens with one attached hydrogen (secondary N) is 3. The van der Waals surface area contributed by atoms with Crippen molar-refractivity contribution < 1.29 is 9.53 Å². The highest BCUT2D eigenvalue weighted by atomic mass is 35.5. The molecule has 9 heteroatoms. The molecule has 3 rings (SSSR count). The summed E-state index contributed by atoms with van der Waals surface area (Å²) in [7, 11) is 3.69. The predicted octanol–water partition coefficient (Wildman–Crippen LogP) is 6.33. The summed E-state index contributed by atoms with van der Waals surface area (Å²) in [4.78, 5) is 16.9. The molecule has 0 atom stereocenters. The molecule has 218 valence electrons. The Labute approximate surface area is 241 Å². The predicted molar refractivity (Wildman–Crippen MR) is 168 cm³/mol. The zero-order valence-electron chi connectivity index (χ0n) is 24.7. The third kappa shape index (κ3) is 17.7. The fourth-order valence-electron chi connectivity index (χ4n) is 3.09. The first-order valence-electron chi connectivity index (χ1n) is 13.0. The lowest BCUT2D eigenvalue weighted by Gasteiger charge is -2.27. The van der Waals surface area contributed by atoms with E-state index in [1.54, 1.807) is 30.5 Å². The fourth-order valence-corrected chi connectivity index (χ4v) is 3.28. The Kier molecular flexibility index (Phi) is 23.0. The van der Waals surface area contributed by atoms with Gasteiger partial charge in [0.2, 0.25) is 0 Å². The Morgan fingerprint density at radius 2 is 1.87 bits per heavy atom. The maximum Gasteiger partial charge on any atom is 0.410 e. The number of aryl methyl sites for hydroxylation is 2. The highest BCUT2D eigenvalue weighted by Gasteiger charge is 2.17. The number of hydrogen-bond acceptors (Lipinski definition) is 6. The van der Waals surface area contributed by atoms with Crippen molar-refractivity contribution in [1.29, 1.82) is 5.41 Å². The summed E-state index contributed by atoms with van der Waals surface area (Å²) in [5.41, 5.74) is 3.91. The highest BCUT2D eigenvalue weighted by molar-refractivity contribution is 6.30. The van der Waals surface area contributed by atoms with Gasteiger partial charge in [-0.25, -0.2) is 9.78 Å². The number of nitrogens with zero attached hydrogens (tertiary/aromatic N) is 3. The molecule has 3 N–H and O–H groups in total. The third-order valence-corrected chi connectivity index (χ3v) is 5.20. The maximum atomic E-state index is 11.3. The number of aromatic nitrogens is 2. The summed E-state index contributed by atoms with van der Waals surface area (Å²) in [5.74, 6) is 0. The van der Waals surface area contributed by atoms with Crippen molar-refractivity contribution in [2.24, 2.45) is 7.05 Å². The van der Waals surface area contributed by atoms with Crippen molar-refractivity contribution >= 4 is 29.5 Å². The number of imidazole rings is 1. The molecule has 2 aromatic rings. The topological polar surface area (TPSA) is 95.3 Å². The van der Waals surface area contributed by atoms with Crippen LogP contribution in [0.4, 0.5) is 4.79 Å². The molecule has 1 aromatic heterocycles. The number of carbonyl (C=O) groups excluding carboxylic acids is 1. The minimum Gasteiger partial charge on any atom is -0.447 e. The van der Waals surface area contributed by atoms with E-state index >= 15 is 0 Å². The van der Waals surface area contributed by atoms with E-state index < -0.39 is 0 Å². The lowest BCUT2D eigenvalue weighted by molar-refractivity contribution is 0.0732. The van der Waals surface area contributed by atoms with E-state index in [1.807, 2.05) is 50.7 Å². The van der Waals surface area contributed by atoms with Crippen molar-refractivity contribution in [3.05, 3.63) is 85.1 Å². The molecule has 0 spiro atoms. The van der Waals surface area contributed by atoms with Crippen LogP contribution in [0.3, 0.4) is 0 Å². The molecule has 1 aliphatic rings. The van der Waals surface area contributed by atoms with Crippen molar-refractivity contribution in [3.63, 3.8) is 0 Å². The third-order valence-electron chi connectivity index (χ3n) is 4.96. The van der Waals surface area contributed by atoms with Gasteiger partial charge in [0.25, 0.3) is 0 Å². The van der Waals surface area contributed by atoms with Gasteiger partial charge < -0.3 is 30.2 Å². The van der Waals surface area contributed by atoms with Crippen LogP contribution in [0.25, 0.3) is 6.08 Å². The van der Waals surface area contributed by atoms with E-state index in [0.717, 1.165) is 55.3 Å². The Morgan fingerprint density at radius 3 is 2.26 bits per heavy atom. The Morgan fingerprint density at radius 1 is 1.28 bits per heavy atom. The summed E-state index contributed by atoms with van der Waals surface area (Å²) in [6, 6.07) is 5.96. The van der Waals surface area contributed by atoms with Crippen LogP contribution in [-0.2, 0) is 18.2 Å². The van der Waals surface area contributed by atoms with Gasteiger partial charge in [-0.05, 0) is 56.7 Å². The van der Waals surface area contributed by atoms with Gasteiger partial charge in [0, 0.05) is 45.3 Å². The average molecular weight is 561 g/mol. The molecule has 1 aliphatic heterocycles. The smallest absolute Gasteiger partial charge is 0.410 e. The van der Waals surface area contributed by atoms with Crippen molar-refractivity contribution in [2.45, 2.75) is 46.6 Å². The van der Waals surface area contributed by atoms with Gasteiger partial charge in [0.1, 0.15) is 0 Å². The van der Waals surface area contributed by atoms with E-state index in [2.05, 4.69) is 54.9 Å². The van der Waals surface area contributed by atoms with Gasteiger partial charge in [-0.15, -0.1) is 13.2 Å². The first-order valence-corrected chi connectivity index (χ1v) is 13.4. The Bertz CT molecular complexity index is 968. The van der Waals surface area contributed by atoms with Crippen LogP contribution in [0, 0.1) is 5.41 Å². The fraction of sp³-hybridized carbons (Fsp3) is 0.433. The van der Waals surface area contributed by atoms with E-state index in [1.165, 1.54) is 5.56 Å². The maximum absolute atomic E-state index is 11.3. The SMILES string of the molecule is C=C.C=CNC.C=Cc1cc(Cl)ccc1CCC.CC(=N)c1cncn1C.CC(C)OC(=O)N1CCNCC1. The minimum atomic E-state index is -0.188. The zero-order valence-corrected chi connectivity index (χ0v) is 25.5. The van der Waals surface area contributed by atoms with Gasteiger partial charge in [0.05, 0.1) is 30.0 Å². The summed E-state index contributed by atoms with van der Waals surface area (Å²) >= 11 is 5.85. The minimum absolute atomic E-state index is 0.0209. The van der Waals surface area contributed by atoms with Crippen LogP contribution >= 0.6 is 11.6 Å². The number of benzene rings is 1. The van der Waals surface area contributed by atoms with Crippen LogP contribution in [0.1, 0.15) is 50.9 Å². The average Bonchev–Trinajstić information content (AvgIpc) is 3.38. The number of ether oxygens (including phenoxy) is 1. The van der Waals surface area contributed by atoms with Gasteiger partial charge in [0.15, 0.2) is 0 Å². The first-order chi connectivity index (χ1) is 18.6. The van der Waals surface area contributed by atoms with E-state index in [9.17, 15) is 4.79 Å². The lowest BCUT2D eigenvalue weighted by Crippen LogP contribution is -2.47. The van der Waals surface area contributed by atoms with Gasteiger partial charge in [-0.1, -0.05) is 50.2 Å². The highest BCUT2D eigenvalue weighted by Crippen LogP contribution is 2.18. The number of carbonyl (C=O) groups is 1. The standard InChI is InChI=1S/C11H13Cl.C8H16N2O2.C6H9N3.C3H7N.C2H4/c1-3-5-10-6-7-11(12)8-9(10)4-2;1-7(2)12-8(11)10-5-3-9-4-6-10;1-5(7)6-3-8-4-9(6)2;1-3-4-2;1-2/h4,6-8H,2-3,5H2,1H3;7,9H,3-6H2,1-2H3;3-4,7H,1-2H3;3-4H,1H2,2H3;1-2H2. The van der Waals surface area contributed by atoms with E-state index in [0.29, 0.717) is 5.71 Å². The quantitative estimate of drug-likeness (QED) is 0.283.